The van der Waals surface area contributed by atoms with Crippen molar-refractivity contribution >= 4 is 11.8 Å². The highest BCUT2D eigenvalue weighted by Gasteiger charge is 2.26. The maximum absolute atomic E-state index is 11.7. The lowest BCUT2D eigenvalue weighted by molar-refractivity contribution is 0.0600. The number of nitrogens with zero attached hydrogens (tertiary/aromatic N) is 2. The summed E-state index contributed by atoms with van der Waals surface area (Å²) in [5.41, 5.74) is 0.399. The van der Waals surface area contributed by atoms with E-state index in [1.54, 1.807) is 0 Å². The fourth-order valence-corrected chi connectivity index (χ4v) is 2.76. The zero-order chi connectivity index (χ0) is 13.8. The van der Waals surface area contributed by atoms with E-state index in [0.717, 1.165) is 12.3 Å². The zero-order valence-electron chi connectivity index (χ0n) is 11.7. The average molecular weight is 263 g/mol. The van der Waals surface area contributed by atoms with Crippen molar-refractivity contribution in [3.8, 4) is 0 Å². The first-order chi connectivity index (χ1) is 9.11. The van der Waals surface area contributed by atoms with Crippen LogP contribution in [0.2, 0.25) is 0 Å². The van der Waals surface area contributed by atoms with E-state index in [1.807, 2.05) is 0 Å². The molecule has 1 aromatic rings. The lowest BCUT2D eigenvalue weighted by Crippen LogP contribution is -2.34. The molecule has 2 rings (SSSR count). The minimum absolute atomic E-state index is 0.356. The van der Waals surface area contributed by atoms with Crippen molar-refractivity contribution in [1.29, 1.82) is 0 Å². The van der Waals surface area contributed by atoms with Crippen molar-refractivity contribution in [3.05, 3.63) is 18.1 Å². The summed E-state index contributed by atoms with van der Waals surface area (Å²) in [7, 11) is 1.37. The van der Waals surface area contributed by atoms with Crippen molar-refractivity contribution in [3.63, 3.8) is 0 Å². The van der Waals surface area contributed by atoms with Gasteiger partial charge in [0.05, 0.1) is 7.11 Å². The van der Waals surface area contributed by atoms with E-state index in [-0.39, 0.29) is 0 Å². The molecule has 1 fully saturated rings. The van der Waals surface area contributed by atoms with Crippen LogP contribution in [-0.2, 0) is 4.74 Å². The van der Waals surface area contributed by atoms with Crippen molar-refractivity contribution < 1.29 is 9.53 Å². The molecule has 3 atom stereocenters. The number of aromatic nitrogens is 2. The molecule has 1 aromatic heterocycles. The highest BCUT2D eigenvalue weighted by atomic mass is 16.5. The molecule has 1 aliphatic rings. The van der Waals surface area contributed by atoms with E-state index in [9.17, 15) is 4.79 Å². The van der Waals surface area contributed by atoms with Crippen LogP contribution in [0.5, 0.6) is 0 Å². The summed E-state index contributed by atoms with van der Waals surface area (Å²) in [6.45, 7) is 4.53. The van der Waals surface area contributed by atoms with E-state index in [0.29, 0.717) is 23.3 Å². The molecule has 0 spiro atoms. The number of carbonyl (C=O) groups excluding carboxylic acids is 1. The fraction of sp³-hybridized carbons (Fsp3) is 0.643. The van der Waals surface area contributed by atoms with Crippen LogP contribution in [0.4, 0.5) is 5.82 Å². The van der Waals surface area contributed by atoms with Gasteiger partial charge in [-0.2, -0.15) is 0 Å². The number of hydrogen-bond acceptors (Lipinski definition) is 5. The highest BCUT2D eigenvalue weighted by molar-refractivity contribution is 5.94. The topological polar surface area (TPSA) is 64.1 Å². The Bertz CT molecular complexity index is 450. The smallest absolute Gasteiger partial charge is 0.343 e. The molecule has 0 saturated heterocycles. The molecular formula is C14H21N3O2. The van der Waals surface area contributed by atoms with Crippen LogP contribution in [-0.4, -0.2) is 29.1 Å². The fourth-order valence-electron chi connectivity index (χ4n) is 2.76. The van der Waals surface area contributed by atoms with E-state index >= 15 is 0 Å². The Balaban J connectivity index is 2.13. The van der Waals surface area contributed by atoms with E-state index in [2.05, 4.69) is 29.1 Å². The Labute approximate surface area is 113 Å². The van der Waals surface area contributed by atoms with Gasteiger partial charge in [-0.15, -0.1) is 0 Å². The lowest BCUT2D eigenvalue weighted by atomic mass is 9.80. The molecule has 104 valence electrons. The van der Waals surface area contributed by atoms with Crippen LogP contribution < -0.4 is 5.32 Å². The maximum atomic E-state index is 11.7. The summed E-state index contributed by atoms with van der Waals surface area (Å²) in [6, 6.07) is 0.356. The number of nitrogens with one attached hydrogen (secondary N) is 1. The molecule has 1 saturated carbocycles. The van der Waals surface area contributed by atoms with Gasteiger partial charge in [-0.1, -0.05) is 13.8 Å². The predicted octanol–water partition coefficient (Wildman–Crippen LogP) is 2.50. The molecule has 0 aliphatic heterocycles. The molecule has 1 heterocycles. The number of esters is 1. The monoisotopic (exact) mass is 263 g/mol. The van der Waals surface area contributed by atoms with Crippen LogP contribution >= 0.6 is 0 Å². The van der Waals surface area contributed by atoms with Crippen LogP contribution in [0.25, 0.3) is 0 Å². The van der Waals surface area contributed by atoms with Crippen molar-refractivity contribution in [2.75, 3.05) is 12.4 Å². The third-order valence-electron chi connectivity index (χ3n) is 3.87. The molecule has 19 heavy (non-hydrogen) atoms. The number of carbonyl (C=O) groups is 1. The first kappa shape index (κ1) is 13.8. The molecule has 5 nitrogen and oxygen atoms in total. The third-order valence-corrected chi connectivity index (χ3v) is 3.87. The summed E-state index contributed by atoms with van der Waals surface area (Å²) < 4.78 is 4.75. The number of ether oxygens (including phenoxy) is 1. The minimum Gasteiger partial charge on any atom is -0.465 e. The van der Waals surface area contributed by atoms with Gasteiger partial charge in [-0.3, -0.25) is 0 Å². The Morgan fingerprint density at radius 2 is 2.21 bits per heavy atom. The van der Waals surface area contributed by atoms with Gasteiger partial charge in [-0.25, -0.2) is 14.8 Å². The molecule has 0 radical (unpaired) electrons. The van der Waals surface area contributed by atoms with Gasteiger partial charge in [0.15, 0.2) is 0 Å². The molecule has 1 N–H and O–H groups in total. The average Bonchev–Trinajstić information content (AvgIpc) is 2.41. The number of hydrogen-bond donors (Lipinski definition) is 1. The largest absolute Gasteiger partial charge is 0.465 e. The molecule has 0 bridgehead atoms. The third kappa shape index (κ3) is 3.22. The normalized spacial score (nSPS) is 26.8. The molecule has 0 amide bonds. The van der Waals surface area contributed by atoms with E-state index in [4.69, 9.17) is 4.74 Å². The van der Waals surface area contributed by atoms with Gasteiger partial charge in [0.2, 0.25) is 0 Å². The number of rotatable bonds is 3. The van der Waals surface area contributed by atoms with Gasteiger partial charge in [-0.05, 0) is 31.1 Å². The predicted molar refractivity (Wildman–Crippen MR) is 73.0 cm³/mol. The second kappa shape index (κ2) is 5.99. The second-order valence-corrected chi connectivity index (χ2v) is 5.42. The van der Waals surface area contributed by atoms with Crippen LogP contribution in [0, 0.1) is 11.8 Å². The summed E-state index contributed by atoms with van der Waals surface area (Å²) in [6.07, 6.45) is 6.46. The molecular weight excluding hydrogens is 242 g/mol. The summed E-state index contributed by atoms with van der Waals surface area (Å²) in [4.78, 5) is 19.7. The van der Waals surface area contributed by atoms with E-state index < -0.39 is 5.97 Å². The first-order valence-electron chi connectivity index (χ1n) is 6.76. The molecule has 0 aromatic carbocycles. The van der Waals surface area contributed by atoms with Gasteiger partial charge < -0.3 is 10.1 Å². The van der Waals surface area contributed by atoms with Crippen LogP contribution in [0.15, 0.2) is 12.5 Å². The Kier molecular flexibility index (Phi) is 4.35. The Hall–Kier alpha value is -1.65. The maximum Gasteiger partial charge on any atom is 0.343 e. The number of methoxy groups -OCH3 is 1. The van der Waals surface area contributed by atoms with Gasteiger partial charge >= 0.3 is 5.97 Å². The summed E-state index contributed by atoms with van der Waals surface area (Å²) in [5.74, 6) is 1.52. The van der Waals surface area contributed by atoms with Gasteiger partial charge in [0, 0.05) is 12.2 Å². The van der Waals surface area contributed by atoms with Gasteiger partial charge in [0.1, 0.15) is 17.7 Å². The van der Waals surface area contributed by atoms with Gasteiger partial charge in [0.25, 0.3) is 0 Å². The molecule has 1 aliphatic carbocycles. The van der Waals surface area contributed by atoms with Crippen molar-refractivity contribution in [2.24, 2.45) is 11.8 Å². The standard InChI is InChI=1S/C14H21N3O2/c1-9-4-5-12(10(2)6-9)17-13-11(14(18)19-3)7-15-8-16-13/h7-10,12H,4-6H2,1-3H3,(H,15,16,17). The summed E-state index contributed by atoms with van der Waals surface area (Å²) >= 11 is 0. The lowest BCUT2D eigenvalue weighted by Gasteiger charge is -2.33. The van der Waals surface area contributed by atoms with Crippen molar-refractivity contribution in [2.45, 2.75) is 39.2 Å². The molecule has 3 unspecified atom stereocenters. The van der Waals surface area contributed by atoms with E-state index in [1.165, 1.54) is 32.5 Å². The van der Waals surface area contributed by atoms with Crippen LogP contribution in [0.3, 0.4) is 0 Å². The zero-order valence-corrected chi connectivity index (χ0v) is 11.7. The SMILES string of the molecule is COC(=O)c1cncnc1NC1CCC(C)CC1C. The van der Waals surface area contributed by atoms with Crippen molar-refractivity contribution in [1.82, 2.24) is 9.97 Å². The minimum atomic E-state index is -0.403. The Morgan fingerprint density at radius 3 is 2.89 bits per heavy atom. The second-order valence-electron chi connectivity index (χ2n) is 5.42. The highest BCUT2D eigenvalue weighted by Crippen LogP contribution is 2.30. The number of anilines is 1. The first-order valence-corrected chi connectivity index (χ1v) is 6.76. The summed E-state index contributed by atoms with van der Waals surface area (Å²) in [5, 5.41) is 3.38. The Morgan fingerprint density at radius 1 is 1.42 bits per heavy atom. The van der Waals surface area contributed by atoms with Crippen LogP contribution in [0.1, 0.15) is 43.5 Å². The quantitative estimate of drug-likeness (QED) is 0.849. The molecule has 5 heteroatoms.